The molecule has 1 aliphatic heterocycles. The van der Waals surface area contributed by atoms with Gasteiger partial charge in [0.15, 0.2) is 0 Å². The maximum absolute atomic E-state index is 12.6. The fourth-order valence-corrected chi connectivity index (χ4v) is 3.56. The Bertz CT molecular complexity index is 592. The van der Waals surface area contributed by atoms with Gasteiger partial charge in [0.1, 0.15) is 5.75 Å². The number of aromatic hydroxyl groups is 1. The number of rotatable bonds is 6. The van der Waals surface area contributed by atoms with Gasteiger partial charge in [0, 0.05) is 38.8 Å². The average molecular weight is 353 g/mol. The van der Waals surface area contributed by atoms with Gasteiger partial charge in [-0.3, -0.25) is 9.69 Å². The molecular formula is C18H25ClN2O3. The molecule has 1 unspecified atom stereocenters. The molecule has 0 aromatic heterocycles. The molecule has 1 aliphatic carbocycles. The van der Waals surface area contributed by atoms with Crippen LogP contribution in [0.3, 0.4) is 0 Å². The minimum Gasteiger partial charge on any atom is -0.506 e. The Morgan fingerprint density at radius 3 is 2.75 bits per heavy atom. The third-order valence-corrected chi connectivity index (χ3v) is 5.28. The normalized spacial score (nSPS) is 21.9. The van der Waals surface area contributed by atoms with Crippen LogP contribution in [0, 0.1) is 5.92 Å². The largest absolute Gasteiger partial charge is 0.506 e. The second-order valence-electron chi connectivity index (χ2n) is 6.91. The Kier molecular flexibility index (Phi) is 5.64. The van der Waals surface area contributed by atoms with Crippen molar-refractivity contribution in [2.24, 2.45) is 5.92 Å². The molecule has 24 heavy (non-hydrogen) atoms. The smallest absolute Gasteiger partial charge is 0.227 e. The van der Waals surface area contributed by atoms with Crippen molar-refractivity contribution in [2.75, 3.05) is 32.8 Å². The van der Waals surface area contributed by atoms with E-state index >= 15 is 0 Å². The van der Waals surface area contributed by atoms with Crippen molar-refractivity contribution in [3.63, 3.8) is 0 Å². The van der Waals surface area contributed by atoms with Gasteiger partial charge in [0.2, 0.25) is 5.91 Å². The standard InChI is InChI=1S/C18H25ClN2O3/c19-16-9-14(3-4-17(16)23)10-18(24)21-7-6-20(11-13-1-2-13)15(12-21)5-8-22/h3-4,9,13,15,22-23H,1-2,5-8,10-12H2. The van der Waals surface area contributed by atoms with E-state index in [-0.39, 0.29) is 35.7 Å². The zero-order valence-electron chi connectivity index (χ0n) is 13.8. The van der Waals surface area contributed by atoms with Crippen LogP contribution in [-0.2, 0) is 11.2 Å². The number of halogens is 1. The van der Waals surface area contributed by atoms with Gasteiger partial charge in [-0.15, -0.1) is 0 Å². The molecule has 0 spiro atoms. The first kappa shape index (κ1) is 17.5. The second kappa shape index (κ2) is 7.72. The molecule has 6 heteroatoms. The van der Waals surface area contributed by atoms with E-state index in [1.807, 2.05) is 4.90 Å². The Labute approximate surface area is 147 Å². The van der Waals surface area contributed by atoms with E-state index in [9.17, 15) is 15.0 Å². The molecular weight excluding hydrogens is 328 g/mol. The van der Waals surface area contributed by atoms with Gasteiger partial charge < -0.3 is 15.1 Å². The van der Waals surface area contributed by atoms with Gasteiger partial charge in [-0.25, -0.2) is 0 Å². The molecule has 1 atom stereocenters. The third-order valence-electron chi connectivity index (χ3n) is 4.98. The van der Waals surface area contributed by atoms with Gasteiger partial charge in [-0.2, -0.15) is 0 Å². The van der Waals surface area contributed by atoms with Crippen molar-refractivity contribution in [1.82, 2.24) is 9.80 Å². The van der Waals surface area contributed by atoms with Crippen LogP contribution in [0.1, 0.15) is 24.8 Å². The van der Waals surface area contributed by atoms with Gasteiger partial charge in [-0.1, -0.05) is 17.7 Å². The van der Waals surface area contributed by atoms with Crippen LogP contribution in [0.2, 0.25) is 5.02 Å². The summed E-state index contributed by atoms with van der Waals surface area (Å²) >= 11 is 5.91. The fraction of sp³-hybridized carbons (Fsp3) is 0.611. The molecule has 5 nitrogen and oxygen atoms in total. The summed E-state index contributed by atoms with van der Waals surface area (Å²) < 4.78 is 0. The first-order valence-corrected chi connectivity index (χ1v) is 9.04. The molecule has 0 radical (unpaired) electrons. The molecule has 2 aliphatic rings. The van der Waals surface area contributed by atoms with Crippen molar-refractivity contribution < 1.29 is 15.0 Å². The van der Waals surface area contributed by atoms with Crippen LogP contribution < -0.4 is 0 Å². The van der Waals surface area contributed by atoms with E-state index in [0.717, 1.165) is 31.1 Å². The monoisotopic (exact) mass is 352 g/mol. The summed E-state index contributed by atoms with van der Waals surface area (Å²) in [5.74, 6) is 0.919. The maximum atomic E-state index is 12.6. The Hall–Kier alpha value is -1.30. The van der Waals surface area contributed by atoms with Crippen LogP contribution in [0.5, 0.6) is 5.75 Å². The van der Waals surface area contributed by atoms with Crippen molar-refractivity contribution in [2.45, 2.75) is 31.7 Å². The molecule has 1 aromatic carbocycles. The Morgan fingerprint density at radius 2 is 2.08 bits per heavy atom. The number of phenolic OH excluding ortho intramolecular Hbond substituents is 1. The zero-order chi connectivity index (χ0) is 17.1. The number of benzene rings is 1. The van der Waals surface area contributed by atoms with E-state index in [1.165, 1.54) is 18.9 Å². The number of aliphatic hydroxyl groups excluding tert-OH is 1. The summed E-state index contributed by atoms with van der Waals surface area (Å²) in [4.78, 5) is 16.9. The summed E-state index contributed by atoms with van der Waals surface area (Å²) in [6.45, 7) is 3.54. The summed E-state index contributed by atoms with van der Waals surface area (Å²) in [6.07, 6.45) is 3.62. The predicted octanol–water partition coefficient (Wildman–Crippen LogP) is 1.89. The average Bonchev–Trinajstić information content (AvgIpc) is 3.37. The second-order valence-corrected chi connectivity index (χ2v) is 7.31. The van der Waals surface area contributed by atoms with Crippen LogP contribution in [0.15, 0.2) is 18.2 Å². The van der Waals surface area contributed by atoms with Gasteiger partial charge in [0.05, 0.1) is 11.4 Å². The molecule has 1 saturated heterocycles. The highest BCUT2D eigenvalue weighted by molar-refractivity contribution is 6.32. The predicted molar refractivity (Wildman–Crippen MR) is 93.2 cm³/mol. The molecule has 1 amide bonds. The molecule has 0 bridgehead atoms. The number of carbonyl (C=O) groups excluding carboxylic acids is 1. The highest BCUT2D eigenvalue weighted by Gasteiger charge is 2.33. The first-order valence-electron chi connectivity index (χ1n) is 8.67. The van der Waals surface area contributed by atoms with E-state index in [4.69, 9.17) is 11.6 Å². The molecule has 132 valence electrons. The lowest BCUT2D eigenvalue weighted by Crippen LogP contribution is -2.55. The lowest BCUT2D eigenvalue weighted by Gasteiger charge is -2.41. The van der Waals surface area contributed by atoms with Crippen LogP contribution in [0.4, 0.5) is 0 Å². The first-order chi connectivity index (χ1) is 11.6. The number of piperazine rings is 1. The lowest BCUT2D eigenvalue weighted by atomic mass is 10.1. The number of aliphatic hydroxyl groups is 1. The lowest BCUT2D eigenvalue weighted by molar-refractivity contribution is -0.133. The van der Waals surface area contributed by atoms with Crippen molar-refractivity contribution in [3.8, 4) is 5.75 Å². The highest BCUT2D eigenvalue weighted by Crippen LogP contribution is 2.31. The molecule has 1 aromatic rings. The van der Waals surface area contributed by atoms with E-state index in [1.54, 1.807) is 12.1 Å². The molecule has 1 heterocycles. The molecule has 2 fully saturated rings. The number of nitrogens with zero attached hydrogens (tertiary/aromatic N) is 2. The van der Waals surface area contributed by atoms with E-state index in [2.05, 4.69) is 4.90 Å². The van der Waals surface area contributed by atoms with Crippen molar-refractivity contribution in [1.29, 1.82) is 0 Å². The van der Waals surface area contributed by atoms with Crippen molar-refractivity contribution in [3.05, 3.63) is 28.8 Å². The van der Waals surface area contributed by atoms with Crippen LogP contribution in [-0.4, -0.2) is 64.7 Å². The Morgan fingerprint density at radius 1 is 1.29 bits per heavy atom. The van der Waals surface area contributed by atoms with E-state index in [0.29, 0.717) is 13.0 Å². The summed E-state index contributed by atoms with van der Waals surface area (Å²) in [5.41, 5.74) is 0.807. The number of amides is 1. The highest BCUT2D eigenvalue weighted by atomic mass is 35.5. The van der Waals surface area contributed by atoms with Gasteiger partial charge in [0.25, 0.3) is 0 Å². The molecule has 1 saturated carbocycles. The molecule has 3 rings (SSSR count). The van der Waals surface area contributed by atoms with E-state index < -0.39 is 0 Å². The minimum atomic E-state index is 0.0320. The number of hydrogen-bond acceptors (Lipinski definition) is 4. The van der Waals surface area contributed by atoms with Gasteiger partial charge in [-0.05, 0) is 42.9 Å². The SMILES string of the molecule is O=C(Cc1ccc(O)c(Cl)c1)N1CCN(CC2CC2)C(CCO)C1. The quantitative estimate of drug-likeness (QED) is 0.820. The minimum absolute atomic E-state index is 0.0320. The third kappa shape index (κ3) is 4.41. The van der Waals surface area contributed by atoms with Crippen molar-refractivity contribution >= 4 is 17.5 Å². The number of phenols is 1. The summed E-state index contributed by atoms with van der Waals surface area (Å²) in [5, 5.41) is 19.1. The van der Waals surface area contributed by atoms with Crippen LogP contribution >= 0.6 is 11.6 Å². The zero-order valence-corrected chi connectivity index (χ0v) is 14.6. The van der Waals surface area contributed by atoms with Gasteiger partial charge >= 0.3 is 0 Å². The van der Waals surface area contributed by atoms with Crippen LogP contribution in [0.25, 0.3) is 0 Å². The summed E-state index contributed by atoms with van der Waals surface area (Å²) in [6, 6.07) is 5.14. The maximum Gasteiger partial charge on any atom is 0.227 e. The molecule has 2 N–H and O–H groups in total. The fourth-order valence-electron chi connectivity index (χ4n) is 3.36. The summed E-state index contributed by atoms with van der Waals surface area (Å²) in [7, 11) is 0. The Balaban J connectivity index is 1.59. The number of carbonyl (C=O) groups is 1. The topological polar surface area (TPSA) is 64.0 Å². The number of hydrogen-bond donors (Lipinski definition) is 2.